The molecule has 0 saturated heterocycles. The van der Waals surface area contributed by atoms with Gasteiger partial charge in [0.25, 0.3) is 0 Å². The van der Waals surface area contributed by atoms with E-state index in [2.05, 4.69) is 51.1 Å². The summed E-state index contributed by atoms with van der Waals surface area (Å²) in [5.74, 6) is 0. The van der Waals surface area contributed by atoms with Gasteiger partial charge >= 0.3 is 0 Å². The first kappa shape index (κ1) is 8.06. The Labute approximate surface area is 68.6 Å². The second kappa shape index (κ2) is 3.38. The molecule has 0 aliphatic carbocycles. The summed E-state index contributed by atoms with van der Waals surface area (Å²) >= 11 is 0. The number of rotatable bonds is 1. The minimum absolute atomic E-state index is 1.35. The maximum atomic E-state index is 2.16. The Balaban J connectivity index is 3.14. The van der Waals surface area contributed by atoms with Crippen molar-refractivity contribution in [1.82, 2.24) is 0 Å². The van der Waals surface area contributed by atoms with E-state index in [9.17, 15) is 0 Å². The molecule has 0 spiro atoms. The number of allylic oxidation sites excluding steroid dienone is 2. The molecule has 0 amide bonds. The van der Waals surface area contributed by atoms with Gasteiger partial charge in [-0.05, 0) is 37.5 Å². The molecule has 0 bridgehead atoms. The molecular weight excluding hydrogens is 132 g/mol. The maximum absolute atomic E-state index is 2.16. The van der Waals surface area contributed by atoms with E-state index in [-0.39, 0.29) is 0 Å². The van der Waals surface area contributed by atoms with Crippen LogP contribution in [0.5, 0.6) is 0 Å². The Morgan fingerprint density at radius 2 is 1.91 bits per heavy atom. The van der Waals surface area contributed by atoms with Gasteiger partial charge < -0.3 is 0 Å². The van der Waals surface area contributed by atoms with Gasteiger partial charge in [0.1, 0.15) is 0 Å². The monoisotopic (exact) mass is 146 g/mol. The zero-order valence-corrected chi connectivity index (χ0v) is 7.39. The van der Waals surface area contributed by atoms with Gasteiger partial charge in [0.05, 0.1) is 0 Å². The van der Waals surface area contributed by atoms with Gasteiger partial charge in [-0.15, -0.1) is 0 Å². The van der Waals surface area contributed by atoms with Crippen LogP contribution in [0.15, 0.2) is 30.3 Å². The van der Waals surface area contributed by atoms with Crippen LogP contribution in [-0.2, 0) is 0 Å². The fourth-order valence-corrected chi connectivity index (χ4v) is 1.17. The number of hydrogen-bond donors (Lipinski definition) is 0. The summed E-state index contributed by atoms with van der Waals surface area (Å²) in [7, 11) is 0. The molecule has 0 aliphatic rings. The van der Waals surface area contributed by atoms with Gasteiger partial charge in [0.15, 0.2) is 0 Å². The van der Waals surface area contributed by atoms with Crippen LogP contribution in [0, 0.1) is 6.92 Å². The zero-order chi connectivity index (χ0) is 8.27. The topological polar surface area (TPSA) is 0 Å². The van der Waals surface area contributed by atoms with Crippen molar-refractivity contribution in [3.8, 4) is 0 Å². The lowest BCUT2D eigenvalue weighted by atomic mass is 10.0. The predicted octanol–water partition coefficient (Wildman–Crippen LogP) is 3.42. The van der Waals surface area contributed by atoms with Crippen LogP contribution in [0.2, 0.25) is 0 Å². The van der Waals surface area contributed by atoms with E-state index >= 15 is 0 Å². The number of benzene rings is 1. The van der Waals surface area contributed by atoms with Crippen molar-refractivity contribution in [1.29, 1.82) is 0 Å². The van der Waals surface area contributed by atoms with E-state index in [1.54, 1.807) is 0 Å². The zero-order valence-electron chi connectivity index (χ0n) is 7.39. The van der Waals surface area contributed by atoms with Crippen molar-refractivity contribution < 1.29 is 0 Å². The summed E-state index contributed by atoms with van der Waals surface area (Å²) in [4.78, 5) is 0. The quantitative estimate of drug-likeness (QED) is 0.569. The van der Waals surface area contributed by atoms with E-state index in [0.29, 0.717) is 0 Å². The normalized spacial score (nSPS) is 11.7. The van der Waals surface area contributed by atoms with E-state index < -0.39 is 0 Å². The lowest BCUT2D eigenvalue weighted by molar-refractivity contribution is 1.40. The van der Waals surface area contributed by atoms with Gasteiger partial charge in [-0.25, -0.2) is 0 Å². The second-order valence-corrected chi connectivity index (χ2v) is 2.79. The van der Waals surface area contributed by atoms with Crippen LogP contribution in [0.25, 0.3) is 5.57 Å². The fraction of sp³-hybridized carbons (Fsp3) is 0.273. The third-order valence-electron chi connectivity index (χ3n) is 2.00. The Morgan fingerprint density at radius 1 is 1.27 bits per heavy atom. The fourth-order valence-electron chi connectivity index (χ4n) is 1.17. The predicted molar refractivity (Wildman–Crippen MR) is 50.5 cm³/mol. The first-order chi connectivity index (χ1) is 5.25. The van der Waals surface area contributed by atoms with Crippen LogP contribution in [0.3, 0.4) is 0 Å². The second-order valence-electron chi connectivity index (χ2n) is 2.79. The Kier molecular flexibility index (Phi) is 2.48. The molecule has 0 atom stereocenters. The van der Waals surface area contributed by atoms with Crippen LogP contribution in [0.1, 0.15) is 25.0 Å². The summed E-state index contributed by atoms with van der Waals surface area (Å²) in [6, 6.07) is 8.45. The average Bonchev–Trinajstić information content (AvgIpc) is 2.04. The molecule has 1 aromatic carbocycles. The van der Waals surface area contributed by atoms with E-state index in [1.165, 1.54) is 16.7 Å². The molecule has 0 aliphatic heterocycles. The van der Waals surface area contributed by atoms with Crippen LogP contribution in [0.4, 0.5) is 0 Å². The average molecular weight is 146 g/mol. The number of aryl methyl sites for hydroxylation is 1. The van der Waals surface area contributed by atoms with Crippen LogP contribution < -0.4 is 0 Å². The number of hydrogen-bond acceptors (Lipinski definition) is 0. The van der Waals surface area contributed by atoms with Crippen LogP contribution in [-0.4, -0.2) is 0 Å². The lowest BCUT2D eigenvalue weighted by Gasteiger charge is -2.03. The summed E-state index contributed by atoms with van der Waals surface area (Å²) in [6.07, 6.45) is 2.14. The van der Waals surface area contributed by atoms with E-state index in [0.717, 1.165) is 0 Å². The van der Waals surface area contributed by atoms with Crippen molar-refractivity contribution >= 4 is 5.57 Å². The van der Waals surface area contributed by atoms with Gasteiger partial charge in [0.2, 0.25) is 0 Å². The Morgan fingerprint density at radius 3 is 2.45 bits per heavy atom. The smallest absolute Gasteiger partial charge is 0.0201 e. The highest BCUT2D eigenvalue weighted by Crippen LogP contribution is 2.16. The van der Waals surface area contributed by atoms with E-state index in [1.807, 2.05) is 0 Å². The molecule has 0 nitrogen and oxygen atoms in total. The minimum atomic E-state index is 1.35. The SMILES string of the molecule is C/C=C(/C)c1ccccc1C. The van der Waals surface area contributed by atoms with Crippen molar-refractivity contribution in [2.24, 2.45) is 0 Å². The Bertz CT molecular complexity index is 269. The molecule has 0 unspecified atom stereocenters. The summed E-state index contributed by atoms with van der Waals surface area (Å²) in [5.41, 5.74) is 4.06. The first-order valence-electron chi connectivity index (χ1n) is 3.94. The molecule has 58 valence electrons. The van der Waals surface area contributed by atoms with Gasteiger partial charge in [-0.1, -0.05) is 30.3 Å². The molecule has 1 aromatic rings. The van der Waals surface area contributed by atoms with Crippen molar-refractivity contribution in [3.63, 3.8) is 0 Å². The standard InChI is InChI=1S/C11H14/c1-4-9(2)11-8-6-5-7-10(11)3/h4-8H,1-3H3/b9-4-. The molecule has 0 heterocycles. The molecule has 0 radical (unpaired) electrons. The minimum Gasteiger partial charge on any atom is -0.0841 e. The molecule has 0 fully saturated rings. The highest BCUT2D eigenvalue weighted by molar-refractivity contribution is 5.65. The summed E-state index contributed by atoms with van der Waals surface area (Å²) < 4.78 is 0. The Hall–Kier alpha value is -1.04. The molecule has 1 rings (SSSR count). The summed E-state index contributed by atoms with van der Waals surface area (Å²) in [5, 5.41) is 0. The molecule has 0 saturated carbocycles. The van der Waals surface area contributed by atoms with Crippen LogP contribution >= 0.6 is 0 Å². The van der Waals surface area contributed by atoms with Crippen molar-refractivity contribution in [3.05, 3.63) is 41.5 Å². The van der Waals surface area contributed by atoms with Gasteiger partial charge in [-0.2, -0.15) is 0 Å². The molecule has 0 heteroatoms. The molecular formula is C11H14. The maximum Gasteiger partial charge on any atom is -0.0201 e. The highest BCUT2D eigenvalue weighted by Gasteiger charge is 1.95. The molecule has 0 aromatic heterocycles. The van der Waals surface area contributed by atoms with Gasteiger partial charge in [0, 0.05) is 0 Å². The first-order valence-corrected chi connectivity index (χ1v) is 3.94. The third-order valence-corrected chi connectivity index (χ3v) is 2.00. The highest BCUT2D eigenvalue weighted by atomic mass is 14.0. The van der Waals surface area contributed by atoms with Gasteiger partial charge in [-0.3, -0.25) is 0 Å². The largest absolute Gasteiger partial charge is 0.0841 e. The third kappa shape index (κ3) is 1.70. The summed E-state index contributed by atoms with van der Waals surface area (Å²) in [6.45, 7) is 6.35. The van der Waals surface area contributed by atoms with Crippen molar-refractivity contribution in [2.75, 3.05) is 0 Å². The molecule has 0 N–H and O–H groups in total. The van der Waals surface area contributed by atoms with E-state index in [4.69, 9.17) is 0 Å². The lowest BCUT2D eigenvalue weighted by Crippen LogP contribution is -1.83. The van der Waals surface area contributed by atoms with Crippen molar-refractivity contribution in [2.45, 2.75) is 20.8 Å². The molecule has 11 heavy (non-hydrogen) atoms.